The van der Waals surface area contributed by atoms with E-state index in [0.717, 1.165) is 0 Å². The summed E-state index contributed by atoms with van der Waals surface area (Å²) in [5.41, 5.74) is 2.37. The fourth-order valence-corrected chi connectivity index (χ4v) is 3.92. The number of rotatable bonds is 6. The molecule has 0 spiro atoms. The lowest BCUT2D eigenvalue weighted by Crippen LogP contribution is -2.44. The summed E-state index contributed by atoms with van der Waals surface area (Å²) >= 11 is 0. The number of nitrogens with one attached hydrogen (secondary N) is 2. The van der Waals surface area contributed by atoms with Gasteiger partial charge >= 0.3 is 6.09 Å². The number of methoxy groups -OCH3 is 1. The van der Waals surface area contributed by atoms with E-state index < -0.39 is 18.3 Å². The van der Waals surface area contributed by atoms with Crippen LogP contribution in [-0.2, 0) is 14.2 Å². The molecule has 2 heterocycles. The van der Waals surface area contributed by atoms with Gasteiger partial charge in [-0.1, -0.05) is 26.0 Å². The molecule has 4 unspecified atom stereocenters. The second kappa shape index (κ2) is 9.58. The van der Waals surface area contributed by atoms with Gasteiger partial charge in [-0.05, 0) is 47.9 Å². The van der Waals surface area contributed by atoms with Gasteiger partial charge in [0, 0.05) is 11.3 Å². The van der Waals surface area contributed by atoms with Gasteiger partial charge < -0.3 is 24.3 Å². The summed E-state index contributed by atoms with van der Waals surface area (Å²) < 4.78 is 22.3. The van der Waals surface area contributed by atoms with E-state index in [9.17, 15) is 9.59 Å². The van der Waals surface area contributed by atoms with Crippen LogP contribution in [0.25, 0.3) is 0 Å². The predicted octanol–water partition coefficient (Wildman–Crippen LogP) is 3.33. The number of carbonyl (C=O) groups excluding carboxylic acids is 2. The van der Waals surface area contributed by atoms with Crippen LogP contribution < -0.4 is 15.4 Å². The minimum Gasteiger partial charge on any atom is -0.497 e. The standard InChI is InChI=1S/C24H28N2O6/c1-14(2)15-4-8-17(9-5-15)25-24(28)32-20-13-31-21-19(12-30-22(20)21)26-23(27)16-6-10-18(29-3)11-7-16/h4-11,14,19-22H,12-13H2,1-3H3,(H,25,28)(H,26,27). The third kappa shape index (κ3) is 4.87. The Morgan fingerprint density at radius 1 is 0.969 bits per heavy atom. The van der Waals surface area contributed by atoms with Gasteiger partial charge in [0.25, 0.3) is 5.91 Å². The van der Waals surface area contributed by atoms with Crippen molar-refractivity contribution in [1.82, 2.24) is 5.32 Å². The number of anilines is 1. The van der Waals surface area contributed by atoms with E-state index in [0.29, 0.717) is 22.9 Å². The molecule has 0 aliphatic carbocycles. The molecule has 0 bridgehead atoms. The number of fused-ring (bicyclic) bond motifs is 1. The molecule has 2 aromatic rings. The summed E-state index contributed by atoms with van der Waals surface area (Å²) in [6, 6.07) is 14.2. The molecule has 0 radical (unpaired) electrons. The highest BCUT2D eigenvalue weighted by atomic mass is 16.6. The zero-order chi connectivity index (χ0) is 22.7. The molecule has 2 aromatic carbocycles. The van der Waals surface area contributed by atoms with Crippen LogP contribution in [-0.4, -0.2) is 56.7 Å². The average molecular weight is 440 g/mol. The molecular formula is C24H28N2O6. The summed E-state index contributed by atoms with van der Waals surface area (Å²) in [6.45, 7) is 4.72. The van der Waals surface area contributed by atoms with Crippen molar-refractivity contribution >= 4 is 17.7 Å². The molecule has 2 saturated heterocycles. The van der Waals surface area contributed by atoms with Crippen LogP contribution >= 0.6 is 0 Å². The summed E-state index contributed by atoms with van der Waals surface area (Å²) in [6.07, 6.45) is -1.91. The Hall–Kier alpha value is -3.10. The number of carbonyl (C=O) groups is 2. The molecule has 2 aliphatic rings. The van der Waals surface area contributed by atoms with Crippen molar-refractivity contribution in [2.45, 2.75) is 44.1 Å². The van der Waals surface area contributed by atoms with Crippen LogP contribution in [0.15, 0.2) is 48.5 Å². The largest absolute Gasteiger partial charge is 0.497 e. The van der Waals surface area contributed by atoms with Crippen molar-refractivity contribution < 1.29 is 28.5 Å². The second-order valence-electron chi connectivity index (χ2n) is 8.25. The third-order valence-corrected chi connectivity index (χ3v) is 5.76. The zero-order valence-corrected chi connectivity index (χ0v) is 18.4. The van der Waals surface area contributed by atoms with E-state index in [-0.39, 0.29) is 31.3 Å². The quantitative estimate of drug-likeness (QED) is 0.716. The number of hydrogen-bond acceptors (Lipinski definition) is 6. The molecule has 32 heavy (non-hydrogen) atoms. The Bertz CT molecular complexity index is 944. The highest BCUT2D eigenvalue weighted by Crippen LogP contribution is 2.29. The van der Waals surface area contributed by atoms with E-state index in [1.807, 2.05) is 24.3 Å². The third-order valence-electron chi connectivity index (χ3n) is 5.76. The van der Waals surface area contributed by atoms with Crippen molar-refractivity contribution in [3.05, 3.63) is 59.7 Å². The highest BCUT2D eigenvalue weighted by molar-refractivity contribution is 5.94. The maximum atomic E-state index is 12.6. The summed E-state index contributed by atoms with van der Waals surface area (Å²) in [5, 5.41) is 5.68. The smallest absolute Gasteiger partial charge is 0.412 e. The Balaban J connectivity index is 1.29. The van der Waals surface area contributed by atoms with E-state index in [4.69, 9.17) is 18.9 Å². The van der Waals surface area contributed by atoms with E-state index in [2.05, 4.69) is 24.5 Å². The first-order valence-electron chi connectivity index (χ1n) is 10.7. The maximum absolute atomic E-state index is 12.6. The van der Waals surface area contributed by atoms with Gasteiger partial charge in [-0.3, -0.25) is 10.1 Å². The van der Waals surface area contributed by atoms with Crippen LogP contribution in [0.3, 0.4) is 0 Å². The van der Waals surface area contributed by atoms with Crippen molar-refractivity contribution in [1.29, 1.82) is 0 Å². The van der Waals surface area contributed by atoms with E-state index in [1.54, 1.807) is 31.4 Å². The molecule has 2 aliphatic heterocycles. The molecule has 0 saturated carbocycles. The van der Waals surface area contributed by atoms with Crippen LogP contribution in [0.4, 0.5) is 10.5 Å². The van der Waals surface area contributed by atoms with E-state index in [1.165, 1.54) is 5.56 Å². The molecule has 8 heteroatoms. The van der Waals surface area contributed by atoms with E-state index >= 15 is 0 Å². The lowest BCUT2D eigenvalue weighted by atomic mass is 10.0. The number of ether oxygens (including phenoxy) is 4. The van der Waals surface area contributed by atoms with Gasteiger partial charge in [0.05, 0.1) is 26.4 Å². The summed E-state index contributed by atoms with van der Waals surface area (Å²) in [5.74, 6) is 0.873. The molecule has 170 valence electrons. The highest BCUT2D eigenvalue weighted by Gasteiger charge is 2.50. The molecule has 4 rings (SSSR count). The Kier molecular flexibility index (Phi) is 6.62. The van der Waals surface area contributed by atoms with Gasteiger partial charge in [0.1, 0.15) is 18.0 Å². The maximum Gasteiger partial charge on any atom is 0.412 e. The van der Waals surface area contributed by atoms with Gasteiger partial charge in [-0.25, -0.2) is 4.79 Å². The minimum atomic E-state index is -0.564. The molecule has 4 atom stereocenters. The minimum absolute atomic E-state index is 0.212. The van der Waals surface area contributed by atoms with Gasteiger partial charge in [0.2, 0.25) is 0 Å². The number of benzene rings is 2. The predicted molar refractivity (Wildman–Crippen MR) is 118 cm³/mol. The Morgan fingerprint density at radius 3 is 2.31 bits per heavy atom. The number of amides is 2. The first-order valence-corrected chi connectivity index (χ1v) is 10.7. The SMILES string of the molecule is COc1ccc(C(=O)NC2COC3C(OC(=O)Nc4ccc(C(C)C)cc4)COC23)cc1. The molecule has 0 aromatic heterocycles. The average Bonchev–Trinajstić information content (AvgIpc) is 3.37. The fraction of sp³-hybridized carbons (Fsp3) is 0.417. The van der Waals surface area contributed by atoms with Crippen LogP contribution in [0.2, 0.25) is 0 Å². The van der Waals surface area contributed by atoms with Crippen LogP contribution in [0.5, 0.6) is 5.75 Å². The normalized spacial score (nSPS) is 24.1. The van der Waals surface area contributed by atoms with Crippen LogP contribution in [0, 0.1) is 0 Å². The molecule has 8 nitrogen and oxygen atoms in total. The Labute approximate surface area is 187 Å². The first-order chi connectivity index (χ1) is 15.4. The molecule has 2 amide bonds. The van der Waals surface area contributed by atoms with Crippen LogP contribution in [0.1, 0.15) is 35.7 Å². The van der Waals surface area contributed by atoms with Crippen molar-refractivity contribution in [3.8, 4) is 5.75 Å². The number of hydrogen-bond donors (Lipinski definition) is 2. The summed E-state index contributed by atoms with van der Waals surface area (Å²) in [4.78, 5) is 24.9. The topological polar surface area (TPSA) is 95.1 Å². The van der Waals surface area contributed by atoms with Gasteiger partial charge in [0.15, 0.2) is 6.10 Å². The van der Waals surface area contributed by atoms with Crippen molar-refractivity contribution in [3.63, 3.8) is 0 Å². The fourth-order valence-electron chi connectivity index (χ4n) is 3.92. The van der Waals surface area contributed by atoms with Gasteiger partial charge in [-0.2, -0.15) is 0 Å². The molecule has 2 N–H and O–H groups in total. The monoisotopic (exact) mass is 440 g/mol. The molecular weight excluding hydrogens is 412 g/mol. The second-order valence-corrected chi connectivity index (χ2v) is 8.25. The van der Waals surface area contributed by atoms with Gasteiger partial charge in [-0.15, -0.1) is 0 Å². The van der Waals surface area contributed by atoms with Crippen molar-refractivity contribution in [2.24, 2.45) is 0 Å². The van der Waals surface area contributed by atoms with Crippen molar-refractivity contribution in [2.75, 3.05) is 25.6 Å². The summed E-state index contributed by atoms with van der Waals surface area (Å²) in [7, 11) is 1.57. The first kappa shape index (κ1) is 22.1. The zero-order valence-electron chi connectivity index (χ0n) is 18.4. The lowest BCUT2D eigenvalue weighted by Gasteiger charge is -2.18. The Morgan fingerprint density at radius 2 is 1.66 bits per heavy atom. The molecule has 2 fully saturated rings. The lowest BCUT2D eigenvalue weighted by molar-refractivity contribution is 0.00862.